The predicted molar refractivity (Wildman–Crippen MR) is 103 cm³/mol. The molecule has 2 aromatic rings. The molecule has 0 saturated carbocycles. The third kappa shape index (κ3) is 3.19. The highest BCUT2D eigenvalue weighted by Crippen LogP contribution is 2.34. The standard InChI is InChI=1S/C19H21F2N3O4.2H2/c1-27-11-2-3-14(20)12(8-11)16-15(21)9-13-17(22-16)23-19(26)24(18(13)25)10-4-6-28-7-5-10;;/h2-3,8,10,15-16,22H,4-7,9H2,1H3,(H,23,26);2*1H/t15-,16+;;/m1../s1. The van der Waals surface area contributed by atoms with Crippen LogP contribution in [0.4, 0.5) is 14.6 Å². The zero-order chi connectivity index (χ0) is 19.8. The molecule has 0 bridgehead atoms. The van der Waals surface area contributed by atoms with Crippen molar-refractivity contribution in [1.29, 1.82) is 0 Å². The number of benzene rings is 1. The Morgan fingerprint density at radius 2 is 2.04 bits per heavy atom. The van der Waals surface area contributed by atoms with Gasteiger partial charge in [0.2, 0.25) is 0 Å². The Morgan fingerprint density at radius 1 is 1.29 bits per heavy atom. The SMILES string of the molecule is COc1ccc(F)c([C@@H]2Nc3[nH]c(=O)n(C4CCOCC4)c(=O)c3C[C@H]2F)c1.[HH].[HH]. The lowest BCUT2D eigenvalue weighted by atomic mass is 9.93. The summed E-state index contributed by atoms with van der Waals surface area (Å²) in [6.07, 6.45) is -0.670. The van der Waals surface area contributed by atoms with E-state index in [1.165, 1.54) is 25.3 Å². The van der Waals surface area contributed by atoms with Gasteiger partial charge < -0.3 is 14.8 Å². The summed E-state index contributed by atoms with van der Waals surface area (Å²) in [6, 6.07) is 2.73. The first-order valence-electron chi connectivity index (χ1n) is 9.19. The van der Waals surface area contributed by atoms with Crippen molar-refractivity contribution in [3.05, 3.63) is 56.0 Å². The second kappa shape index (κ2) is 7.38. The minimum Gasteiger partial charge on any atom is -0.497 e. The smallest absolute Gasteiger partial charge is 0.330 e. The van der Waals surface area contributed by atoms with Gasteiger partial charge >= 0.3 is 5.69 Å². The summed E-state index contributed by atoms with van der Waals surface area (Å²) < 4.78 is 40.8. The van der Waals surface area contributed by atoms with Crippen molar-refractivity contribution >= 4 is 5.82 Å². The number of methoxy groups -OCH3 is 1. The van der Waals surface area contributed by atoms with Crippen molar-refractivity contribution in [2.24, 2.45) is 0 Å². The molecule has 2 atom stereocenters. The van der Waals surface area contributed by atoms with Crippen molar-refractivity contribution in [3.8, 4) is 5.75 Å². The second-order valence-corrected chi connectivity index (χ2v) is 7.03. The molecule has 0 aliphatic carbocycles. The number of anilines is 1. The monoisotopic (exact) mass is 397 g/mol. The Hall–Kier alpha value is -2.68. The van der Waals surface area contributed by atoms with E-state index in [-0.39, 0.29) is 32.3 Å². The molecule has 2 aliphatic heterocycles. The molecule has 7 nitrogen and oxygen atoms in total. The molecule has 1 aromatic carbocycles. The normalized spacial score (nSPS) is 22.4. The molecule has 1 aromatic heterocycles. The van der Waals surface area contributed by atoms with E-state index in [9.17, 15) is 18.4 Å². The van der Waals surface area contributed by atoms with Gasteiger partial charge in [-0.05, 0) is 31.0 Å². The third-order valence-electron chi connectivity index (χ3n) is 5.38. The molecule has 1 saturated heterocycles. The lowest BCUT2D eigenvalue weighted by Crippen LogP contribution is -2.45. The number of aromatic nitrogens is 2. The van der Waals surface area contributed by atoms with Crippen LogP contribution in [0.2, 0.25) is 0 Å². The number of nitrogens with zero attached hydrogens (tertiary/aromatic N) is 1. The van der Waals surface area contributed by atoms with E-state index in [4.69, 9.17) is 9.47 Å². The number of fused-ring (bicyclic) bond motifs is 1. The molecule has 0 amide bonds. The van der Waals surface area contributed by atoms with Gasteiger partial charge in [0, 0.05) is 34.1 Å². The van der Waals surface area contributed by atoms with Crippen LogP contribution in [0, 0.1) is 5.82 Å². The van der Waals surface area contributed by atoms with E-state index in [0.717, 1.165) is 4.57 Å². The van der Waals surface area contributed by atoms with Crippen LogP contribution >= 0.6 is 0 Å². The van der Waals surface area contributed by atoms with Crippen molar-refractivity contribution in [2.75, 3.05) is 25.6 Å². The van der Waals surface area contributed by atoms with Crippen LogP contribution in [0.5, 0.6) is 5.75 Å². The number of aromatic amines is 1. The van der Waals surface area contributed by atoms with Gasteiger partial charge in [-0.1, -0.05) is 0 Å². The van der Waals surface area contributed by atoms with Crippen LogP contribution < -0.4 is 21.3 Å². The quantitative estimate of drug-likeness (QED) is 0.832. The zero-order valence-electron chi connectivity index (χ0n) is 15.3. The first-order valence-corrected chi connectivity index (χ1v) is 9.19. The summed E-state index contributed by atoms with van der Waals surface area (Å²) in [6.45, 7) is 0.934. The fraction of sp³-hybridized carbons (Fsp3) is 0.474. The van der Waals surface area contributed by atoms with E-state index in [1.54, 1.807) is 0 Å². The molecule has 4 rings (SSSR count). The van der Waals surface area contributed by atoms with Crippen molar-refractivity contribution in [3.63, 3.8) is 0 Å². The molecule has 0 radical (unpaired) electrons. The number of hydrogen-bond donors (Lipinski definition) is 2. The van der Waals surface area contributed by atoms with E-state index >= 15 is 0 Å². The molecular formula is C19H25F2N3O4. The number of hydrogen-bond acceptors (Lipinski definition) is 5. The van der Waals surface area contributed by atoms with Crippen molar-refractivity contribution in [1.82, 2.24) is 9.55 Å². The molecule has 3 heterocycles. The minimum absolute atomic E-state index is 0. The highest BCUT2D eigenvalue weighted by atomic mass is 19.1. The van der Waals surface area contributed by atoms with E-state index in [2.05, 4.69) is 10.3 Å². The Bertz CT molecular complexity index is 1010. The fourth-order valence-electron chi connectivity index (χ4n) is 3.89. The van der Waals surface area contributed by atoms with Crippen LogP contribution in [0.25, 0.3) is 0 Å². The molecule has 0 spiro atoms. The maximum absolute atomic E-state index is 15.0. The van der Waals surface area contributed by atoms with E-state index < -0.39 is 29.3 Å². The van der Waals surface area contributed by atoms with Crippen molar-refractivity contribution < 1.29 is 21.1 Å². The lowest BCUT2D eigenvalue weighted by Gasteiger charge is -2.31. The van der Waals surface area contributed by atoms with Crippen LogP contribution in [0.15, 0.2) is 27.8 Å². The van der Waals surface area contributed by atoms with Gasteiger partial charge in [0.1, 0.15) is 23.6 Å². The molecule has 9 heteroatoms. The number of ether oxygens (including phenoxy) is 2. The molecule has 2 N–H and O–H groups in total. The highest BCUT2D eigenvalue weighted by Gasteiger charge is 2.35. The van der Waals surface area contributed by atoms with Gasteiger partial charge in [-0.15, -0.1) is 0 Å². The Kier molecular flexibility index (Phi) is 4.92. The molecular weight excluding hydrogens is 372 g/mol. The number of H-pyrrole nitrogens is 1. The number of nitrogens with one attached hydrogen (secondary N) is 2. The average Bonchev–Trinajstić information content (AvgIpc) is 2.70. The Balaban J connectivity index is 0.00000160. The maximum atomic E-state index is 15.0. The first kappa shape index (κ1) is 18.7. The maximum Gasteiger partial charge on any atom is 0.330 e. The number of halogens is 2. The largest absolute Gasteiger partial charge is 0.497 e. The summed E-state index contributed by atoms with van der Waals surface area (Å²) in [5.41, 5.74) is -0.833. The minimum atomic E-state index is -1.55. The lowest BCUT2D eigenvalue weighted by molar-refractivity contribution is 0.0673. The first-order chi connectivity index (χ1) is 13.5. The van der Waals surface area contributed by atoms with E-state index in [1.807, 2.05) is 0 Å². The van der Waals surface area contributed by atoms with Gasteiger partial charge in [0.15, 0.2) is 0 Å². The van der Waals surface area contributed by atoms with Gasteiger partial charge in [-0.3, -0.25) is 14.3 Å². The van der Waals surface area contributed by atoms with Gasteiger partial charge in [-0.25, -0.2) is 13.6 Å². The topological polar surface area (TPSA) is 85.3 Å². The molecule has 1 fully saturated rings. The number of rotatable bonds is 3. The van der Waals surface area contributed by atoms with Crippen LogP contribution in [0.3, 0.4) is 0 Å². The zero-order valence-corrected chi connectivity index (χ0v) is 15.3. The summed E-state index contributed by atoms with van der Waals surface area (Å²) in [5.74, 6) is -0.0682. The van der Waals surface area contributed by atoms with Crippen LogP contribution in [0.1, 0.15) is 38.9 Å². The number of alkyl halides is 1. The molecule has 2 aliphatic rings. The average molecular weight is 397 g/mol. The van der Waals surface area contributed by atoms with E-state index in [0.29, 0.717) is 31.8 Å². The predicted octanol–water partition coefficient (Wildman–Crippen LogP) is 2.58. The second-order valence-electron chi connectivity index (χ2n) is 7.03. The van der Waals surface area contributed by atoms with Crippen LogP contribution in [-0.2, 0) is 11.2 Å². The van der Waals surface area contributed by atoms with Crippen LogP contribution in [-0.4, -0.2) is 36.0 Å². The summed E-state index contributed by atoms with van der Waals surface area (Å²) >= 11 is 0. The molecule has 154 valence electrons. The molecule has 0 unspecified atom stereocenters. The van der Waals surface area contributed by atoms with Gasteiger partial charge in [-0.2, -0.15) is 0 Å². The third-order valence-corrected chi connectivity index (χ3v) is 5.38. The van der Waals surface area contributed by atoms with Gasteiger partial charge in [0.05, 0.1) is 18.7 Å². The Labute approximate surface area is 162 Å². The fourth-order valence-corrected chi connectivity index (χ4v) is 3.89. The highest BCUT2D eigenvalue weighted by molar-refractivity contribution is 5.50. The Morgan fingerprint density at radius 3 is 2.75 bits per heavy atom. The summed E-state index contributed by atoms with van der Waals surface area (Å²) in [4.78, 5) is 28.1. The summed E-state index contributed by atoms with van der Waals surface area (Å²) in [5, 5.41) is 2.80. The van der Waals surface area contributed by atoms with Crippen molar-refractivity contribution in [2.45, 2.75) is 37.5 Å². The summed E-state index contributed by atoms with van der Waals surface area (Å²) in [7, 11) is 1.43. The van der Waals surface area contributed by atoms with Gasteiger partial charge in [0.25, 0.3) is 5.56 Å². The molecule has 28 heavy (non-hydrogen) atoms.